The number of hydrogen-bond donors (Lipinski definition) is 3. The van der Waals surface area contributed by atoms with E-state index in [2.05, 4.69) is 35.3 Å². The number of rotatable bonds is 9. The predicted molar refractivity (Wildman–Crippen MR) is 143 cm³/mol. The number of aromatic nitrogens is 1. The fourth-order valence-electron chi connectivity index (χ4n) is 5.66. The molecule has 11 heteroatoms. The van der Waals surface area contributed by atoms with Crippen LogP contribution in [0.1, 0.15) is 50.5 Å². The van der Waals surface area contributed by atoms with Gasteiger partial charge in [-0.25, -0.2) is 9.78 Å². The highest BCUT2D eigenvalue weighted by Gasteiger charge is 2.52. The molecule has 1 spiro atoms. The highest BCUT2D eigenvalue weighted by Crippen LogP contribution is 2.48. The lowest BCUT2D eigenvalue weighted by atomic mass is 9.76. The maximum atomic E-state index is 13.7. The molecule has 0 radical (unpaired) electrons. The van der Waals surface area contributed by atoms with Gasteiger partial charge < -0.3 is 25.2 Å². The largest absolute Gasteiger partial charge is 0.465 e. The molecular formula is C26H40N4O6Si. The second-order valence-corrected chi connectivity index (χ2v) is 17.3. The Morgan fingerprint density at radius 1 is 1.24 bits per heavy atom. The van der Waals surface area contributed by atoms with Gasteiger partial charge in [-0.1, -0.05) is 38.9 Å². The first-order valence-corrected chi connectivity index (χ1v) is 17.1. The molecule has 1 saturated heterocycles. The van der Waals surface area contributed by atoms with Gasteiger partial charge in [0.25, 0.3) is 0 Å². The highest BCUT2D eigenvalue weighted by atomic mass is 28.3. The summed E-state index contributed by atoms with van der Waals surface area (Å²) in [5.41, 5.74) is 0.825. The number of carbonyl (C=O) groups excluding carboxylic acids is 2. The summed E-state index contributed by atoms with van der Waals surface area (Å²) < 4.78 is 11.5. The Morgan fingerprint density at radius 3 is 2.59 bits per heavy atom. The van der Waals surface area contributed by atoms with Crippen LogP contribution in [0.3, 0.4) is 0 Å². The van der Waals surface area contributed by atoms with Gasteiger partial charge in [0.15, 0.2) is 0 Å². The van der Waals surface area contributed by atoms with E-state index >= 15 is 0 Å². The Hall–Kier alpha value is -2.50. The van der Waals surface area contributed by atoms with E-state index in [0.29, 0.717) is 44.2 Å². The molecule has 0 aromatic carbocycles. The monoisotopic (exact) mass is 532 g/mol. The molecule has 2 fully saturated rings. The average Bonchev–Trinajstić information content (AvgIpc) is 3.07. The van der Waals surface area contributed by atoms with Crippen molar-refractivity contribution in [2.24, 2.45) is 5.92 Å². The fraction of sp³-hybridized carbons (Fsp3) is 0.692. The standard InChI is InChI=1S/C26H40N4O6Si/c1-37(2,3)14-13-36-17-30-20-15-21(27-16-19(20)26(24(30)32)9-11-35-12-10-26)28-23(31)22(29-25(33)34)18-7-5-4-6-8-18/h15-16,18,22,29H,4-14,17H2,1-3H3,(H,33,34)(H,27,28,31). The third kappa shape index (κ3) is 6.32. The zero-order chi connectivity index (χ0) is 26.6. The first-order chi connectivity index (χ1) is 17.6. The molecule has 1 aromatic rings. The van der Waals surface area contributed by atoms with Crippen LogP contribution in [0, 0.1) is 5.92 Å². The highest BCUT2D eigenvalue weighted by molar-refractivity contribution is 6.76. The second kappa shape index (κ2) is 11.5. The van der Waals surface area contributed by atoms with Crippen LogP contribution in [-0.2, 0) is 24.5 Å². The number of nitrogens with one attached hydrogen (secondary N) is 2. The van der Waals surface area contributed by atoms with E-state index in [4.69, 9.17) is 9.47 Å². The van der Waals surface area contributed by atoms with Crippen molar-refractivity contribution in [3.63, 3.8) is 0 Å². The Labute approximate surface area is 219 Å². The van der Waals surface area contributed by atoms with Crippen LogP contribution in [0.25, 0.3) is 0 Å². The van der Waals surface area contributed by atoms with E-state index in [1.807, 2.05) is 0 Å². The lowest BCUT2D eigenvalue weighted by molar-refractivity contribution is -0.127. The Bertz CT molecular complexity index is 1000. The first kappa shape index (κ1) is 27.5. The third-order valence-electron chi connectivity index (χ3n) is 7.84. The molecule has 3 aliphatic rings. The Kier molecular flexibility index (Phi) is 8.55. The van der Waals surface area contributed by atoms with Crippen LogP contribution in [0.15, 0.2) is 12.3 Å². The van der Waals surface area contributed by atoms with Gasteiger partial charge in [-0.15, -0.1) is 0 Å². The summed E-state index contributed by atoms with van der Waals surface area (Å²) in [4.78, 5) is 44.5. The van der Waals surface area contributed by atoms with E-state index in [-0.39, 0.29) is 18.6 Å². The lowest BCUT2D eigenvalue weighted by Gasteiger charge is -2.32. The van der Waals surface area contributed by atoms with Gasteiger partial charge in [-0.05, 0) is 37.6 Å². The van der Waals surface area contributed by atoms with Crippen molar-refractivity contribution in [2.75, 3.05) is 36.8 Å². The third-order valence-corrected chi connectivity index (χ3v) is 9.54. The molecule has 204 valence electrons. The Balaban J connectivity index is 1.55. The van der Waals surface area contributed by atoms with E-state index < -0.39 is 31.5 Å². The molecule has 10 nitrogen and oxygen atoms in total. The minimum absolute atomic E-state index is 0.0169. The van der Waals surface area contributed by atoms with E-state index in [1.165, 1.54) is 0 Å². The van der Waals surface area contributed by atoms with Gasteiger partial charge in [0.2, 0.25) is 11.8 Å². The summed E-state index contributed by atoms with van der Waals surface area (Å²) in [6, 6.07) is 1.87. The molecule has 3 heterocycles. The number of anilines is 2. The van der Waals surface area contributed by atoms with Crippen LogP contribution in [0.4, 0.5) is 16.3 Å². The quantitative estimate of drug-likeness (QED) is 0.324. The molecule has 1 saturated carbocycles. The first-order valence-electron chi connectivity index (χ1n) is 13.4. The normalized spacial score (nSPS) is 20.5. The molecule has 1 atom stereocenters. The zero-order valence-electron chi connectivity index (χ0n) is 22.2. The van der Waals surface area contributed by atoms with Crippen molar-refractivity contribution >= 4 is 37.5 Å². The number of pyridine rings is 1. The fourth-order valence-corrected chi connectivity index (χ4v) is 6.41. The molecule has 1 aliphatic carbocycles. The number of carbonyl (C=O) groups is 3. The number of carboxylic acid groups (broad SMARTS) is 1. The van der Waals surface area contributed by atoms with Crippen molar-refractivity contribution < 1.29 is 29.0 Å². The molecule has 0 bridgehead atoms. The smallest absolute Gasteiger partial charge is 0.405 e. The van der Waals surface area contributed by atoms with E-state index in [9.17, 15) is 19.5 Å². The second-order valence-electron chi connectivity index (χ2n) is 11.7. The summed E-state index contributed by atoms with van der Waals surface area (Å²) in [7, 11) is -1.28. The van der Waals surface area contributed by atoms with Crippen molar-refractivity contribution in [1.29, 1.82) is 0 Å². The van der Waals surface area contributed by atoms with Crippen LogP contribution in [0.5, 0.6) is 0 Å². The SMILES string of the molecule is C[Si](C)(C)CCOCN1C(=O)C2(CCOCC2)c2cnc(NC(=O)C(NC(=O)O)C3CCCCC3)cc21. The number of fused-ring (bicyclic) bond motifs is 2. The molecule has 4 rings (SSSR count). The van der Waals surface area contributed by atoms with Gasteiger partial charge in [-0.2, -0.15) is 0 Å². The predicted octanol–water partition coefficient (Wildman–Crippen LogP) is 3.94. The van der Waals surface area contributed by atoms with Gasteiger partial charge in [0.1, 0.15) is 18.6 Å². The minimum atomic E-state index is -1.28. The van der Waals surface area contributed by atoms with Gasteiger partial charge in [0.05, 0.1) is 11.1 Å². The number of nitrogens with zero attached hydrogens (tertiary/aromatic N) is 2. The van der Waals surface area contributed by atoms with Crippen LogP contribution < -0.4 is 15.5 Å². The van der Waals surface area contributed by atoms with Crippen molar-refractivity contribution in [1.82, 2.24) is 10.3 Å². The molecular weight excluding hydrogens is 492 g/mol. The van der Waals surface area contributed by atoms with E-state index in [0.717, 1.165) is 43.7 Å². The molecule has 37 heavy (non-hydrogen) atoms. The number of ether oxygens (including phenoxy) is 2. The zero-order valence-corrected chi connectivity index (χ0v) is 23.2. The van der Waals surface area contributed by atoms with Crippen molar-refractivity contribution in [3.05, 3.63) is 17.8 Å². The van der Waals surface area contributed by atoms with Crippen LogP contribution in [0.2, 0.25) is 25.7 Å². The number of amides is 3. The maximum Gasteiger partial charge on any atom is 0.405 e. The average molecular weight is 533 g/mol. The molecule has 1 aromatic heterocycles. The molecule has 3 N–H and O–H groups in total. The van der Waals surface area contributed by atoms with Gasteiger partial charge in [0, 0.05) is 45.7 Å². The summed E-state index contributed by atoms with van der Waals surface area (Å²) in [5, 5.41) is 14.6. The summed E-state index contributed by atoms with van der Waals surface area (Å²) in [5.74, 6) is -0.204. The summed E-state index contributed by atoms with van der Waals surface area (Å²) in [6.45, 7) is 8.57. The van der Waals surface area contributed by atoms with Gasteiger partial charge in [-0.3, -0.25) is 14.5 Å². The molecule has 1 unspecified atom stereocenters. The maximum absolute atomic E-state index is 13.7. The van der Waals surface area contributed by atoms with Gasteiger partial charge >= 0.3 is 6.09 Å². The van der Waals surface area contributed by atoms with Crippen LogP contribution in [-0.4, -0.2) is 68.7 Å². The Morgan fingerprint density at radius 2 is 1.95 bits per heavy atom. The minimum Gasteiger partial charge on any atom is -0.465 e. The van der Waals surface area contributed by atoms with Crippen molar-refractivity contribution in [3.8, 4) is 0 Å². The number of hydrogen-bond acceptors (Lipinski definition) is 6. The molecule has 3 amide bonds. The van der Waals surface area contributed by atoms with Crippen LogP contribution >= 0.6 is 0 Å². The van der Waals surface area contributed by atoms with Crippen molar-refractivity contribution in [2.45, 2.75) is 82.1 Å². The summed E-state index contributed by atoms with van der Waals surface area (Å²) >= 11 is 0. The molecule has 2 aliphatic heterocycles. The lowest BCUT2D eigenvalue weighted by Crippen LogP contribution is -2.48. The van der Waals surface area contributed by atoms with E-state index in [1.54, 1.807) is 17.2 Å². The topological polar surface area (TPSA) is 130 Å². The summed E-state index contributed by atoms with van der Waals surface area (Å²) in [6.07, 6.45) is 6.27.